The molecule has 0 saturated heterocycles. The molecule has 0 atom stereocenters. The second kappa shape index (κ2) is 14.0. The fourth-order valence-electron chi connectivity index (χ4n) is 6.71. The Morgan fingerprint density at radius 3 is 1.29 bits per heavy atom. The third-order valence-corrected chi connectivity index (χ3v) is 8.69. The quantitative estimate of drug-likeness (QED) is 0.109. The summed E-state index contributed by atoms with van der Waals surface area (Å²) in [5, 5.41) is 5.42. The predicted octanol–water partition coefficient (Wildman–Crippen LogP) is 12.2. The molecule has 0 aromatic heterocycles. The zero-order valence-corrected chi connectivity index (χ0v) is 29.8. The van der Waals surface area contributed by atoms with E-state index >= 15 is 0 Å². The maximum atomic E-state index is 2.51. The molecule has 0 saturated carbocycles. The molecular formula is C41H44Hf. The minimum absolute atomic E-state index is 0. The fourth-order valence-corrected chi connectivity index (χ4v) is 6.71. The predicted molar refractivity (Wildman–Crippen MR) is 183 cm³/mol. The smallest absolute Gasteiger partial charge is 0.358 e. The Morgan fingerprint density at radius 2 is 0.929 bits per heavy atom. The van der Waals surface area contributed by atoms with E-state index in [9.17, 15) is 0 Å². The zero-order valence-electron chi connectivity index (χ0n) is 26.2. The number of aryl methyl sites for hydroxylation is 2. The van der Waals surface area contributed by atoms with E-state index in [-0.39, 0.29) is 46.1 Å². The van der Waals surface area contributed by atoms with Gasteiger partial charge >= 0.3 is 25.8 Å². The molecule has 42 heavy (non-hydrogen) atoms. The topological polar surface area (TPSA) is 0 Å². The molecule has 212 valence electrons. The van der Waals surface area contributed by atoms with Crippen molar-refractivity contribution < 1.29 is 25.8 Å². The van der Waals surface area contributed by atoms with Crippen LogP contribution in [0.15, 0.2) is 109 Å². The molecule has 0 spiro atoms. The van der Waals surface area contributed by atoms with Crippen molar-refractivity contribution in [1.29, 1.82) is 0 Å². The Labute approximate surface area is 273 Å². The summed E-state index contributed by atoms with van der Waals surface area (Å²) in [4.78, 5) is 0. The Bertz CT molecular complexity index is 1590. The summed E-state index contributed by atoms with van der Waals surface area (Å²) < 4.78 is 0. The molecule has 0 unspecified atom stereocenters. The van der Waals surface area contributed by atoms with Crippen LogP contribution in [0.4, 0.5) is 0 Å². The maximum absolute atomic E-state index is 2.51. The molecular weight excluding hydrogens is 671 g/mol. The zero-order chi connectivity index (χ0) is 27.0. The molecule has 0 amide bonds. The first kappa shape index (κ1) is 33.5. The van der Waals surface area contributed by atoms with E-state index in [1.807, 2.05) is 0 Å². The van der Waals surface area contributed by atoms with Gasteiger partial charge in [-0.05, 0) is 43.2 Å². The minimum atomic E-state index is -0.00334. The van der Waals surface area contributed by atoms with Gasteiger partial charge in [-0.2, -0.15) is 12.1 Å². The van der Waals surface area contributed by atoms with Crippen LogP contribution >= 0.6 is 0 Å². The standard InChI is InChI=1S/C39H38.2CH3.Hf/c1-5-21-39(22-6-2,33-23-31-9-7-11-35(37(31)25-33)29-17-13-27(3)14-18-29)34-24-32-10-8-12-36(38(32)26-34)30-19-15-28(4)16-20-30;;;/h7-20,23-26H,5-6,21-22H2,1-4H3;2*1H3;/q-2;2*-1;+4. The van der Waals surface area contributed by atoms with Gasteiger partial charge in [-0.1, -0.05) is 110 Å². The third kappa shape index (κ3) is 6.04. The van der Waals surface area contributed by atoms with Gasteiger partial charge < -0.3 is 14.9 Å². The van der Waals surface area contributed by atoms with Crippen molar-refractivity contribution in [2.45, 2.75) is 58.8 Å². The van der Waals surface area contributed by atoms with Crippen LogP contribution in [0.1, 0.15) is 61.8 Å². The molecule has 0 heterocycles. The summed E-state index contributed by atoms with van der Waals surface area (Å²) in [6.45, 7) is 8.99. The summed E-state index contributed by atoms with van der Waals surface area (Å²) in [7, 11) is 0. The number of fused-ring (bicyclic) bond motifs is 2. The third-order valence-electron chi connectivity index (χ3n) is 8.69. The van der Waals surface area contributed by atoms with Crippen LogP contribution in [0.5, 0.6) is 0 Å². The van der Waals surface area contributed by atoms with Gasteiger partial charge in [-0.3, -0.25) is 0 Å². The summed E-state index contributed by atoms with van der Waals surface area (Å²) in [5.74, 6) is 0. The van der Waals surface area contributed by atoms with Crippen molar-refractivity contribution in [2.24, 2.45) is 0 Å². The van der Waals surface area contributed by atoms with Crippen LogP contribution in [0.2, 0.25) is 0 Å². The molecule has 0 nitrogen and oxygen atoms in total. The molecule has 0 fully saturated rings. The number of hydrogen-bond donors (Lipinski definition) is 0. The van der Waals surface area contributed by atoms with Crippen molar-refractivity contribution in [3.8, 4) is 22.3 Å². The van der Waals surface area contributed by atoms with Gasteiger partial charge in [0.05, 0.1) is 0 Å². The van der Waals surface area contributed by atoms with Crippen LogP contribution in [0, 0.1) is 28.7 Å². The number of rotatable bonds is 8. The second-order valence-electron chi connectivity index (χ2n) is 11.4. The van der Waals surface area contributed by atoms with Gasteiger partial charge in [-0.25, -0.2) is 0 Å². The van der Waals surface area contributed by atoms with Crippen LogP contribution in [0.25, 0.3) is 43.8 Å². The van der Waals surface area contributed by atoms with Gasteiger partial charge in [0.2, 0.25) is 0 Å². The molecule has 6 rings (SSSR count). The van der Waals surface area contributed by atoms with Crippen LogP contribution < -0.4 is 0 Å². The van der Waals surface area contributed by atoms with Gasteiger partial charge in [0.15, 0.2) is 0 Å². The van der Waals surface area contributed by atoms with E-state index in [0.717, 1.165) is 25.7 Å². The summed E-state index contributed by atoms with van der Waals surface area (Å²) in [6, 6.07) is 41.5. The molecule has 1 heteroatoms. The van der Waals surface area contributed by atoms with E-state index < -0.39 is 0 Å². The monoisotopic (exact) mass is 716 g/mol. The first-order valence-electron chi connectivity index (χ1n) is 14.6. The molecule has 0 aliphatic heterocycles. The summed E-state index contributed by atoms with van der Waals surface area (Å²) in [6.07, 6.45) is 4.60. The van der Waals surface area contributed by atoms with Crippen molar-refractivity contribution in [1.82, 2.24) is 0 Å². The Hall–Kier alpha value is -3.03. The average molecular weight is 715 g/mol. The Kier molecular flexibility index (Phi) is 11.1. The summed E-state index contributed by atoms with van der Waals surface area (Å²) in [5.41, 5.74) is 10.8. The van der Waals surface area contributed by atoms with Crippen LogP contribution in [-0.4, -0.2) is 0 Å². The van der Waals surface area contributed by atoms with E-state index in [1.165, 1.54) is 66.1 Å². The molecule has 6 aromatic rings. The largest absolute Gasteiger partial charge is 4.00 e. The van der Waals surface area contributed by atoms with Gasteiger partial charge in [0.25, 0.3) is 0 Å². The van der Waals surface area contributed by atoms with Crippen molar-refractivity contribution >= 4 is 21.5 Å². The summed E-state index contributed by atoms with van der Waals surface area (Å²) >= 11 is 0. The van der Waals surface area contributed by atoms with E-state index in [4.69, 9.17) is 0 Å². The molecule has 0 N–H and O–H groups in total. The Balaban J connectivity index is 0.00000161. The first-order valence-corrected chi connectivity index (χ1v) is 14.6. The Morgan fingerprint density at radius 1 is 0.548 bits per heavy atom. The molecule has 0 aliphatic rings. The molecule has 0 bridgehead atoms. The SMILES string of the molecule is CCCC(CCC)(c1cc2c(-c3ccc(C)cc3)cccc2[cH-]1)c1cc2c(-c3ccc(C)cc3)cccc2[cH-]1.[CH3-].[CH3-].[Hf+4]. The van der Waals surface area contributed by atoms with E-state index in [2.05, 4.69) is 137 Å². The van der Waals surface area contributed by atoms with Gasteiger partial charge in [-0.15, -0.1) is 69.1 Å². The number of benzene rings is 4. The number of hydrogen-bond acceptors (Lipinski definition) is 0. The van der Waals surface area contributed by atoms with Gasteiger partial charge in [0, 0.05) is 0 Å². The van der Waals surface area contributed by atoms with Crippen molar-refractivity contribution in [2.75, 3.05) is 0 Å². The van der Waals surface area contributed by atoms with E-state index in [1.54, 1.807) is 0 Å². The fraction of sp³-hybridized carbons (Fsp3) is 0.220. The molecule has 0 aliphatic carbocycles. The average Bonchev–Trinajstić information content (AvgIpc) is 3.59. The maximum Gasteiger partial charge on any atom is 4.00 e. The van der Waals surface area contributed by atoms with Crippen molar-refractivity contribution in [3.05, 3.63) is 146 Å². The minimum Gasteiger partial charge on any atom is -0.358 e. The van der Waals surface area contributed by atoms with Gasteiger partial charge in [0.1, 0.15) is 0 Å². The van der Waals surface area contributed by atoms with Crippen LogP contribution in [-0.2, 0) is 31.3 Å². The van der Waals surface area contributed by atoms with Crippen LogP contribution in [0.3, 0.4) is 0 Å². The van der Waals surface area contributed by atoms with Crippen molar-refractivity contribution in [3.63, 3.8) is 0 Å². The normalized spacial score (nSPS) is 11.1. The molecule has 0 radical (unpaired) electrons. The second-order valence-corrected chi connectivity index (χ2v) is 11.4. The first-order chi connectivity index (χ1) is 19.0. The molecule has 6 aromatic carbocycles. The van der Waals surface area contributed by atoms with E-state index in [0.29, 0.717) is 0 Å².